The lowest BCUT2D eigenvalue weighted by Crippen LogP contribution is -2.51. The molecular formula is C27H25F2N5O3. The first-order chi connectivity index (χ1) is 17.7. The highest BCUT2D eigenvalue weighted by atomic mass is 19.1. The van der Waals surface area contributed by atoms with Gasteiger partial charge in [0.25, 0.3) is 5.91 Å². The van der Waals surface area contributed by atoms with E-state index in [1.165, 1.54) is 22.9 Å². The fraction of sp³-hybridized carbons (Fsp3) is 0.333. The molecule has 1 aromatic heterocycles. The summed E-state index contributed by atoms with van der Waals surface area (Å²) in [7, 11) is 1.47. The predicted molar refractivity (Wildman–Crippen MR) is 131 cm³/mol. The number of H-pyrrole nitrogens is 1. The van der Waals surface area contributed by atoms with Gasteiger partial charge in [-0.1, -0.05) is 31.5 Å². The second kappa shape index (κ2) is 9.00. The van der Waals surface area contributed by atoms with Crippen molar-refractivity contribution >= 4 is 34.3 Å². The number of nitrogens with zero attached hydrogens (tertiary/aromatic N) is 3. The van der Waals surface area contributed by atoms with Gasteiger partial charge in [0.2, 0.25) is 11.8 Å². The van der Waals surface area contributed by atoms with Gasteiger partial charge in [-0.25, -0.2) is 8.78 Å². The van der Waals surface area contributed by atoms with Gasteiger partial charge in [0, 0.05) is 37.2 Å². The molecule has 5 rings (SSSR count). The number of hydrogen-bond acceptors (Lipinski definition) is 4. The standard InChI is InChI=1S/C27H25F2N5O3/c1-3-6-23(33(2)24(35)22-11-17-19(29)9-15(28)10-21(17)31-22)25(36)34-14-27(12-16(34)13-30)18-7-4-5-8-20(18)32-26(27)37/h4-5,7-11,16,23,31H,3,6,12,14H2,1-2H3,(H,32,37)/t16-,23-,27-/m0/s1. The van der Waals surface area contributed by atoms with Crippen LogP contribution in [0, 0.1) is 23.0 Å². The molecule has 1 saturated heterocycles. The average molecular weight is 506 g/mol. The van der Waals surface area contributed by atoms with Crippen LogP contribution in [0.3, 0.4) is 0 Å². The second-order valence-electron chi connectivity index (χ2n) is 9.65. The van der Waals surface area contributed by atoms with Crippen LogP contribution in [-0.4, -0.2) is 58.2 Å². The van der Waals surface area contributed by atoms with Gasteiger partial charge < -0.3 is 20.1 Å². The number of fused-ring (bicyclic) bond motifs is 3. The summed E-state index contributed by atoms with van der Waals surface area (Å²) >= 11 is 0. The minimum atomic E-state index is -1.04. The van der Waals surface area contributed by atoms with Gasteiger partial charge in [-0.3, -0.25) is 14.4 Å². The molecule has 0 aliphatic carbocycles. The Kier molecular flexibility index (Phi) is 5.94. The Balaban J connectivity index is 1.45. The van der Waals surface area contributed by atoms with Crippen molar-refractivity contribution in [2.75, 3.05) is 18.9 Å². The zero-order chi connectivity index (χ0) is 26.5. The molecule has 2 N–H and O–H groups in total. The summed E-state index contributed by atoms with van der Waals surface area (Å²) in [6.45, 7) is 1.89. The van der Waals surface area contributed by atoms with E-state index in [-0.39, 0.29) is 35.5 Å². The highest BCUT2D eigenvalue weighted by Crippen LogP contribution is 2.46. The number of anilines is 1. The van der Waals surface area contributed by atoms with Crippen molar-refractivity contribution < 1.29 is 23.2 Å². The SMILES string of the molecule is CCC[C@@H](C(=O)N1C[C@]2(C[C@H]1C#N)C(=O)Nc1ccccc12)N(C)C(=O)c1cc2c(F)cc(F)cc2[nH]1. The number of aromatic nitrogens is 1. The first kappa shape index (κ1) is 24.4. The maximum absolute atomic E-state index is 14.2. The van der Waals surface area contributed by atoms with Crippen LogP contribution in [0.25, 0.3) is 10.9 Å². The maximum Gasteiger partial charge on any atom is 0.270 e. The Hall–Kier alpha value is -4.26. The van der Waals surface area contributed by atoms with Crippen molar-refractivity contribution in [1.82, 2.24) is 14.8 Å². The number of carbonyl (C=O) groups is 3. The lowest BCUT2D eigenvalue weighted by Gasteiger charge is -2.32. The number of likely N-dealkylation sites (tertiary alicyclic amines) is 1. The summed E-state index contributed by atoms with van der Waals surface area (Å²) in [5, 5.41) is 12.8. The number of hydrogen-bond donors (Lipinski definition) is 2. The molecule has 1 fully saturated rings. The molecule has 0 bridgehead atoms. The molecule has 0 saturated carbocycles. The number of nitrogens with one attached hydrogen (secondary N) is 2. The van der Waals surface area contributed by atoms with Gasteiger partial charge in [-0.15, -0.1) is 0 Å². The molecule has 8 nitrogen and oxygen atoms in total. The number of likely N-dealkylation sites (N-methyl/N-ethyl adjacent to an activating group) is 1. The largest absolute Gasteiger partial charge is 0.350 e. The molecule has 0 radical (unpaired) electrons. The third kappa shape index (κ3) is 3.82. The molecule has 3 heterocycles. The quantitative estimate of drug-likeness (QED) is 0.551. The summed E-state index contributed by atoms with van der Waals surface area (Å²) in [5.41, 5.74) is 0.516. The molecule has 3 atom stereocenters. The molecule has 2 aliphatic heterocycles. The summed E-state index contributed by atoms with van der Waals surface area (Å²) in [6, 6.07) is 10.7. The fourth-order valence-corrected chi connectivity index (χ4v) is 5.54. The van der Waals surface area contributed by atoms with Gasteiger partial charge in [-0.2, -0.15) is 5.26 Å². The van der Waals surface area contributed by atoms with Gasteiger partial charge >= 0.3 is 0 Å². The lowest BCUT2D eigenvalue weighted by molar-refractivity contribution is -0.136. The Morgan fingerprint density at radius 1 is 1.27 bits per heavy atom. The number of halogens is 2. The topological polar surface area (TPSA) is 109 Å². The fourth-order valence-electron chi connectivity index (χ4n) is 5.54. The molecule has 0 unspecified atom stereocenters. The summed E-state index contributed by atoms with van der Waals surface area (Å²) in [4.78, 5) is 45.6. The molecule has 2 aromatic carbocycles. The number of benzene rings is 2. The summed E-state index contributed by atoms with van der Waals surface area (Å²) in [6.07, 6.45) is 1.04. The monoisotopic (exact) mass is 505 g/mol. The van der Waals surface area contributed by atoms with E-state index in [2.05, 4.69) is 16.4 Å². The molecule has 3 amide bonds. The highest BCUT2D eigenvalue weighted by Gasteiger charge is 2.56. The van der Waals surface area contributed by atoms with E-state index < -0.39 is 40.9 Å². The summed E-state index contributed by atoms with van der Waals surface area (Å²) < 4.78 is 27.8. The van der Waals surface area contributed by atoms with Gasteiger partial charge in [0.15, 0.2) is 0 Å². The van der Waals surface area contributed by atoms with Crippen LogP contribution in [-0.2, 0) is 15.0 Å². The molecule has 2 aliphatic rings. The van der Waals surface area contributed by atoms with E-state index in [4.69, 9.17) is 0 Å². The smallest absolute Gasteiger partial charge is 0.270 e. The molecule has 10 heteroatoms. The molecule has 37 heavy (non-hydrogen) atoms. The predicted octanol–water partition coefficient (Wildman–Crippen LogP) is 3.70. The van der Waals surface area contributed by atoms with Crippen LogP contribution in [0.5, 0.6) is 0 Å². The maximum atomic E-state index is 14.2. The van der Waals surface area contributed by atoms with Crippen LogP contribution in [0.15, 0.2) is 42.5 Å². The number of amides is 3. The summed E-state index contributed by atoms with van der Waals surface area (Å²) in [5.74, 6) is -2.85. The minimum Gasteiger partial charge on any atom is -0.350 e. The first-order valence-corrected chi connectivity index (χ1v) is 12.1. The van der Waals surface area contributed by atoms with Gasteiger partial charge in [0.1, 0.15) is 29.4 Å². The zero-order valence-corrected chi connectivity index (χ0v) is 20.3. The van der Waals surface area contributed by atoms with E-state index in [0.717, 1.165) is 17.7 Å². The number of para-hydroxylation sites is 1. The molecule has 3 aromatic rings. The van der Waals surface area contributed by atoms with E-state index >= 15 is 0 Å². The third-order valence-electron chi connectivity index (χ3n) is 7.43. The average Bonchev–Trinajstić information content (AvgIpc) is 3.56. The van der Waals surface area contributed by atoms with Crippen LogP contribution in [0.1, 0.15) is 42.2 Å². The van der Waals surface area contributed by atoms with Crippen molar-refractivity contribution in [3.8, 4) is 6.07 Å². The number of rotatable bonds is 5. The Morgan fingerprint density at radius 3 is 2.76 bits per heavy atom. The normalized spacial score (nSPS) is 21.1. The molecule has 1 spiro atoms. The van der Waals surface area contributed by atoms with Gasteiger partial charge in [0.05, 0.1) is 17.0 Å². The van der Waals surface area contributed by atoms with E-state index in [0.29, 0.717) is 18.5 Å². The van der Waals surface area contributed by atoms with Crippen LogP contribution >= 0.6 is 0 Å². The van der Waals surface area contributed by atoms with Gasteiger partial charge in [-0.05, 0) is 30.2 Å². The Bertz CT molecular complexity index is 1480. The second-order valence-corrected chi connectivity index (χ2v) is 9.65. The van der Waals surface area contributed by atoms with Crippen molar-refractivity contribution in [2.24, 2.45) is 0 Å². The van der Waals surface area contributed by atoms with Crippen molar-refractivity contribution in [3.05, 3.63) is 65.4 Å². The van der Waals surface area contributed by atoms with E-state index in [9.17, 15) is 28.4 Å². The van der Waals surface area contributed by atoms with E-state index in [1.54, 1.807) is 12.1 Å². The van der Waals surface area contributed by atoms with Crippen molar-refractivity contribution in [3.63, 3.8) is 0 Å². The number of carbonyl (C=O) groups excluding carboxylic acids is 3. The number of nitriles is 1. The zero-order valence-electron chi connectivity index (χ0n) is 20.3. The molecular weight excluding hydrogens is 480 g/mol. The van der Waals surface area contributed by atoms with Crippen molar-refractivity contribution in [1.29, 1.82) is 5.26 Å². The van der Waals surface area contributed by atoms with Crippen molar-refractivity contribution in [2.45, 2.75) is 43.7 Å². The Morgan fingerprint density at radius 2 is 2.03 bits per heavy atom. The number of aromatic amines is 1. The van der Waals surface area contributed by atoms with Crippen LogP contribution in [0.4, 0.5) is 14.5 Å². The van der Waals surface area contributed by atoms with Crippen LogP contribution < -0.4 is 5.32 Å². The first-order valence-electron chi connectivity index (χ1n) is 12.1. The third-order valence-corrected chi connectivity index (χ3v) is 7.43. The highest BCUT2D eigenvalue weighted by molar-refractivity contribution is 6.07. The van der Waals surface area contributed by atoms with Crippen LogP contribution in [0.2, 0.25) is 0 Å². The Labute approximate surface area is 211 Å². The lowest BCUT2D eigenvalue weighted by atomic mass is 9.80. The minimum absolute atomic E-state index is 0.00901. The molecule has 190 valence electrons. The van der Waals surface area contributed by atoms with E-state index in [1.807, 2.05) is 19.1 Å².